The van der Waals surface area contributed by atoms with Gasteiger partial charge in [0, 0.05) is 31.6 Å². The van der Waals surface area contributed by atoms with Crippen LogP contribution in [0.3, 0.4) is 0 Å². The third kappa shape index (κ3) is 4.41. The van der Waals surface area contributed by atoms with E-state index in [1.807, 2.05) is 0 Å². The summed E-state index contributed by atoms with van der Waals surface area (Å²) in [5.74, 6) is -1.24. The molecule has 1 aromatic rings. The van der Waals surface area contributed by atoms with Crippen LogP contribution in [0.2, 0.25) is 0 Å². The third-order valence-corrected chi connectivity index (χ3v) is 6.44. The van der Waals surface area contributed by atoms with Crippen molar-refractivity contribution >= 4 is 19.0 Å². The van der Waals surface area contributed by atoms with Crippen LogP contribution in [0, 0.1) is 5.92 Å². The highest BCUT2D eigenvalue weighted by Gasteiger charge is 2.38. The molecule has 1 amide bonds. The van der Waals surface area contributed by atoms with Gasteiger partial charge in [-0.05, 0) is 49.7 Å². The zero-order valence-corrected chi connectivity index (χ0v) is 16.4. The lowest BCUT2D eigenvalue weighted by molar-refractivity contribution is -0.122. The predicted octanol–water partition coefficient (Wildman–Crippen LogP) is 0.416. The van der Waals surface area contributed by atoms with Crippen LogP contribution in [-0.2, 0) is 11.2 Å². The molecule has 9 heteroatoms. The van der Waals surface area contributed by atoms with E-state index in [2.05, 4.69) is 10.2 Å². The van der Waals surface area contributed by atoms with Crippen molar-refractivity contribution in [1.29, 1.82) is 0 Å². The van der Waals surface area contributed by atoms with Gasteiger partial charge >= 0.3 is 13.1 Å². The molecule has 1 aromatic carbocycles. The van der Waals surface area contributed by atoms with E-state index in [-0.39, 0.29) is 17.2 Å². The molecule has 3 aliphatic rings. The van der Waals surface area contributed by atoms with Crippen molar-refractivity contribution in [2.45, 2.75) is 56.5 Å². The molecule has 1 saturated heterocycles. The van der Waals surface area contributed by atoms with E-state index < -0.39 is 19.0 Å². The maximum atomic E-state index is 12.5. The molecule has 0 bridgehead atoms. The van der Waals surface area contributed by atoms with Crippen LogP contribution in [0.4, 0.5) is 0 Å². The molecule has 5 N–H and O–H groups in total. The van der Waals surface area contributed by atoms with Crippen LogP contribution < -0.4 is 15.7 Å². The number of hydrogen-bond donors (Lipinski definition) is 4. The van der Waals surface area contributed by atoms with Gasteiger partial charge in [0.1, 0.15) is 5.75 Å². The number of carbonyl (C=O) groups is 2. The summed E-state index contributed by atoms with van der Waals surface area (Å²) in [6.45, 7) is 1.97. The maximum Gasteiger partial charge on any atom is 0.547 e. The summed E-state index contributed by atoms with van der Waals surface area (Å²) in [5.41, 5.74) is 6.56. The average Bonchev–Trinajstić information content (AvgIpc) is 2.66. The molecule has 2 aliphatic heterocycles. The number of hydrogen-bond acceptors (Lipinski definition) is 6. The molecule has 0 spiro atoms. The minimum atomic E-state index is -1.27. The first-order valence-electron chi connectivity index (χ1n) is 10.4. The fourth-order valence-electron chi connectivity index (χ4n) is 4.81. The number of benzene rings is 1. The Balaban J connectivity index is 1.28. The number of nitrogens with two attached hydrogens (primary N) is 1. The Morgan fingerprint density at radius 3 is 2.62 bits per heavy atom. The van der Waals surface area contributed by atoms with Crippen molar-refractivity contribution in [2.75, 3.05) is 13.1 Å². The topological polar surface area (TPSA) is 125 Å². The molecule has 2 heterocycles. The van der Waals surface area contributed by atoms with Gasteiger partial charge in [-0.3, -0.25) is 9.69 Å². The molecule has 4 rings (SSSR count). The van der Waals surface area contributed by atoms with Crippen molar-refractivity contribution < 1.29 is 24.4 Å². The number of fused-ring (bicyclic) bond motifs is 1. The zero-order valence-electron chi connectivity index (χ0n) is 16.4. The van der Waals surface area contributed by atoms with Crippen molar-refractivity contribution in [2.24, 2.45) is 11.7 Å². The molecule has 1 aliphatic carbocycles. The number of carboxylic acid groups (broad SMARTS) is 1. The lowest BCUT2D eigenvalue weighted by Crippen LogP contribution is -2.59. The van der Waals surface area contributed by atoms with E-state index in [0.717, 1.165) is 38.8 Å². The maximum absolute atomic E-state index is 12.5. The Morgan fingerprint density at radius 1 is 1.24 bits per heavy atom. The van der Waals surface area contributed by atoms with Crippen LogP contribution in [0.15, 0.2) is 18.2 Å². The third-order valence-electron chi connectivity index (χ3n) is 6.44. The van der Waals surface area contributed by atoms with Crippen LogP contribution >= 0.6 is 0 Å². The molecule has 0 radical (unpaired) electrons. The lowest BCUT2D eigenvalue weighted by Gasteiger charge is -2.45. The zero-order chi connectivity index (χ0) is 20.5. The summed E-state index contributed by atoms with van der Waals surface area (Å²) in [6.07, 6.45) is 5.04. The van der Waals surface area contributed by atoms with Gasteiger partial charge < -0.3 is 25.8 Å². The molecule has 29 heavy (non-hydrogen) atoms. The predicted molar refractivity (Wildman–Crippen MR) is 108 cm³/mol. The van der Waals surface area contributed by atoms with Gasteiger partial charge in [0.2, 0.25) is 5.91 Å². The first-order valence-corrected chi connectivity index (χ1v) is 10.4. The molecule has 0 aromatic heterocycles. The monoisotopic (exact) mass is 401 g/mol. The SMILES string of the molecule is NC1CN(C2CCC(CC(=O)NC3Cc4cccc(C(=O)O)c4OB3O)CC2)C1. The highest BCUT2D eigenvalue weighted by Crippen LogP contribution is 2.32. The Bertz CT molecular complexity index is 777. The minimum Gasteiger partial charge on any atom is -0.534 e. The second-order valence-corrected chi connectivity index (χ2v) is 8.58. The van der Waals surface area contributed by atoms with Gasteiger partial charge in [0.15, 0.2) is 0 Å². The average molecular weight is 401 g/mol. The molecular formula is C20H28BN3O5. The standard InChI is InChI=1S/C20H28BN3O5/c22-14-10-24(11-14)15-6-4-12(5-7-15)8-18(25)23-17-9-13-2-1-3-16(20(26)27)19(13)29-21(17)28/h1-3,12,14-15,17,28H,4-11,22H2,(H,23,25)(H,26,27). The van der Waals surface area contributed by atoms with E-state index in [4.69, 9.17) is 10.4 Å². The number of nitrogens with one attached hydrogen (secondary N) is 1. The molecule has 2 fully saturated rings. The van der Waals surface area contributed by atoms with E-state index in [1.54, 1.807) is 12.1 Å². The number of likely N-dealkylation sites (tertiary alicyclic amines) is 1. The van der Waals surface area contributed by atoms with Gasteiger partial charge in [-0.15, -0.1) is 0 Å². The number of nitrogens with zero attached hydrogens (tertiary/aromatic N) is 1. The first-order chi connectivity index (χ1) is 13.9. The fraction of sp³-hybridized carbons (Fsp3) is 0.600. The highest BCUT2D eigenvalue weighted by molar-refractivity contribution is 6.47. The van der Waals surface area contributed by atoms with Gasteiger partial charge in [-0.25, -0.2) is 4.79 Å². The molecule has 1 unspecified atom stereocenters. The number of carbonyl (C=O) groups excluding carboxylic acids is 1. The van der Waals surface area contributed by atoms with Crippen molar-refractivity contribution in [3.05, 3.63) is 29.3 Å². The van der Waals surface area contributed by atoms with Crippen molar-refractivity contribution in [3.63, 3.8) is 0 Å². The number of carboxylic acids is 1. The summed E-state index contributed by atoms with van der Waals surface area (Å²) in [6, 6.07) is 5.76. The van der Waals surface area contributed by atoms with Crippen LogP contribution in [-0.4, -0.2) is 65.1 Å². The Labute approximate surface area is 170 Å². The number of amides is 1. The first kappa shape index (κ1) is 20.2. The van der Waals surface area contributed by atoms with Gasteiger partial charge in [-0.1, -0.05) is 12.1 Å². The van der Waals surface area contributed by atoms with Crippen LogP contribution in [0.25, 0.3) is 0 Å². The highest BCUT2D eigenvalue weighted by atomic mass is 16.5. The summed E-state index contributed by atoms with van der Waals surface area (Å²) >= 11 is 0. The lowest BCUT2D eigenvalue weighted by atomic mass is 9.72. The second kappa shape index (κ2) is 8.34. The summed E-state index contributed by atoms with van der Waals surface area (Å²) in [7, 11) is -1.27. The smallest absolute Gasteiger partial charge is 0.534 e. The van der Waals surface area contributed by atoms with E-state index in [9.17, 15) is 19.7 Å². The van der Waals surface area contributed by atoms with Gasteiger partial charge in [0.25, 0.3) is 0 Å². The van der Waals surface area contributed by atoms with E-state index in [1.165, 1.54) is 6.07 Å². The number of rotatable bonds is 5. The molecule has 8 nitrogen and oxygen atoms in total. The fourth-order valence-corrected chi connectivity index (χ4v) is 4.81. The van der Waals surface area contributed by atoms with Gasteiger partial charge in [0.05, 0.1) is 11.5 Å². The van der Waals surface area contributed by atoms with Crippen molar-refractivity contribution in [3.8, 4) is 5.75 Å². The summed E-state index contributed by atoms with van der Waals surface area (Å²) < 4.78 is 5.44. The number of aromatic carboxylic acids is 1. The number of para-hydroxylation sites is 1. The van der Waals surface area contributed by atoms with E-state index in [0.29, 0.717) is 36.4 Å². The normalized spacial score (nSPS) is 27.5. The molecular weight excluding hydrogens is 373 g/mol. The van der Waals surface area contributed by atoms with Gasteiger partial charge in [-0.2, -0.15) is 0 Å². The molecule has 1 saturated carbocycles. The second-order valence-electron chi connectivity index (χ2n) is 8.58. The molecule has 156 valence electrons. The molecule has 1 atom stereocenters. The van der Waals surface area contributed by atoms with E-state index >= 15 is 0 Å². The minimum absolute atomic E-state index is 0.0197. The summed E-state index contributed by atoms with van der Waals surface area (Å²) in [4.78, 5) is 26.3. The Morgan fingerprint density at radius 2 is 1.97 bits per heavy atom. The quantitative estimate of drug-likeness (QED) is 0.527. The summed E-state index contributed by atoms with van der Waals surface area (Å²) in [5, 5.41) is 22.4. The van der Waals surface area contributed by atoms with Crippen LogP contribution in [0.5, 0.6) is 5.75 Å². The largest absolute Gasteiger partial charge is 0.547 e. The Kier molecular flexibility index (Phi) is 5.80. The van der Waals surface area contributed by atoms with Crippen molar-refractivity contribution in [1.82, 2.24) is 10.2 Å². The Hall–Kier alpha value is -2.10. The van der Waals surface area contributed by atoms with Crippen LogP contribution in [0.1, 0.15) is 48.0 Å².